The van der Waals surface area contributed by atoms with Crippen LogP contribution in [-0.2, 0) is 0 Å². The molecule has 0 aliphatic rings. The number of carbonyl (C=O) groups excluding carboxylic acids is 1. The number of hydrogen-bond donors (Lipinski definition) is 3. The Labute approximate surface area is 102 Å². The number of nitrogen functional groups attached to an aromatic ring is 1. The maximum atomic E-state index is 11.9. The summed E-state index contributed by atoms with van der Waals surface area (Å²) in [5.74, 6) is 5.17. The lowest BCUT2D eigenvalue weighted by Gasteiger charge is -2.18. The molecule has 1 heterocycles. The van der Waals surface area contributed by atoms with Crippen LogP contribution >= 0.6 is 0 Å². The molecule has 0 aromatic carbocycles. The first-order chi connectivity index (χ1) is 7.94. The number of hydrazine groups is 1. The van der Waals surface area contributed by atoms with Crippen LogP contribution < -0.4 is 16.6 Å². The van der Waals surface area contributed by atoms with Gasteiger partial charge in [0.05, 0.1) is 11.3 Å². The molecule has 5 nitrogen and oxygen atoms in total. The molecule has 0 fully saturated rings. The third-order valence-corrected chi connectivity index (χ3v) is 2.38. The number of nitrogens with one attached hydrogen (secondary N) is 2. The Bertz CT molecular complexity index is 384. The average molecular weight is 236 g/mol. The van der Waals surface area contributed by atoms with Gasteiger partial charge in [0.15, 0.2) is 0 Å². The summed E-state index contributed by atoms with van der Waals surface area (Å²) in [4.78, 5) is 15.8. The number of amides is 1. The van der Waals surface area contributed by atoms with Gasteiger partial charge in [0, 0.05) is 18.9 Å². The highest BCUT2D eigenvalue weighted by Gasteiger charge is 2.13. The molecule has 0 aliphatic heterocycles. The van der Waals surface area contributed by atoms with E-state index in [-0.39, 0.29) is 11.3 Å². The fraction of sp³-hybridized carbons (Fsp3) is 0.500. The monoisotopic (exact) mass is 236 g/mol. The van der Waals surface area contributed by atoms with Crippen molar-refractivity contribution >= 4 is 11.6 Å². The normalized spacial score (nSPS) is 11.1. The molecule has 1 rings (SSSR count). The molecule has 0 bridgehead atoms. The van der Waals surface area contributed by atoms with Crippen molar-refractivity contribution in [3.63, 3.8) is 0 Å². The van der Waals surface area contributed by atoms with Gasteiger partial charge in [-0.1, -0.05) is 20.8 Å². The third kappa shape index (κ3) is 4.40. The topological polar surface area (TPSA) is 80.0 Å². The zero-order chi connectivity index (χ0) is 12.9. The van der Waals surface area contributed by atoms with Crippen molar-refractivity contribution in [2.45, 2.75) is 27.2 Å². The van der Waals surface area contributed by atoms with Crippen molar-refractivity contribution in [2.24, 2.45) is 11.3 Å². The highest BCUT2D eigenvalue weighted by Crippen LogP contribution is 2.17. The van der Waals surface area contributed by atoms with E-state index in [0.29, 0.717) is 17.8 Å². The van der Waals surface area contributed by atoms with E-state index < -0.39 is 0 Å². The molecular weight excluding hydrogens is 216 g/mol. The maximum absolute atomic E-state index is 11.9. The van der Waals surface area contributed by atoms with Gasteiger partial charge in [-0.25, -0.2) is 0 Å². The van der Waals surface area contributed by atoms with Crippen LogP contribution in [0.2, 0.25) is 0 Å². The second kappa shape index (κ2) is 5.63. The molecule has 0 aliphatic carbocycles. The number of anilines is 1. The van der Waals surface area contributed by atoms with Gasteiger partial charge in [0.25, 0.3) is 5.91 Å². The van der Waals surface area contributed by atoms with E-state index in [1.165, 1.54) is 6.20 Å². The van der Waals surface area contributed by atoms with Crippen molar-refractivity contribution in [3.8, 4) is 0 Å². The van der Waals surface area contributed by atoms with Crippen LogP contribution in [0.15, 0.2) is 18.5 Å². The number of nitrogens with two attached hydrogens (primary N) is 1. The number of pyridine rings is 1. The Morgan fingerprint density at radius 2 is 2.18 bits per heavy atom. The predicted octanol–water partition coefficient (Wildman–Crippen LogP) is 1.53. The van der Waals surface area contributed by atoms with Gasteiger partial charge in [-0.2, -0.15) is 0 Å². The van der Waals surface area contributed by atoms with Crippen molar-refractivity contribution in [1.29, 1.82) is 0 Å². The van der Waals surface area contributed by atoms with Gasteiger partial charge < -0.3 is 10.7 Å². The molecule has 17 heavy (non-hydrogen) atoms. The molecule has 0 unspecified atom stereocenters. The number of hydrogen-bond acceptors (Lipinski definition) is 4. The number of rotatable bonds is 4. The van der Waals surface area contributed by atoms with E-state index in [9.17, 15) is 4.79 Å². The minimum Gasteiger partial charge on any atom is -0.352 e. The van der Waals surface area contributed by atoms with Gasteiger partial charge in [-0.05, 0) is 17.9 Å². The Hall–Kier alpha value is -1.62. The predicted molar refractivity (Wildman–Crippen MR) is 68.5 cm³/mol. The fourth-order valence-electron chi connectivity index (χ4n) is 1.35. The average Bonchev–Trinajstić information content (AvgIpc) is 2.27. The molecule has 1 aromatic rings. The Morgan fingerprint density at radius 3 is 2.76 bits per heavy atom. The summed E-state index contributed by atoms with van der Waals surface area (Å²) in [6.45, 7) is 7.05. The first-order valence-corrected chi connectivity index (χ1v) is 5.63. The first kappa shape index (κ1) is 13.4. The molecule has 1 aromatic heterocycles. The summed E-state index contributed by atoms with van der Waals surface area (Å²) in [5.41, 5.74) is 3.73. The van der Waals surface area contributed by atoms with Crippen LogP contribution in [0, 0.1) is 5.41 Å². The SMILES string of the molecule is CC(C)(C)CCNC(=O)c1cnccc1NN. The molecule has 5 heteroatoms. The minimum atomic E-state index is -0.157. The van der Waals surface area contributed by atoms with Gasteiger partial charge in [-0.3, -0.25) is 15.6 Å². The molecule has 1 amide bonds. The largest absolute Gasteiger partial charge is 0.352 e. The minimum absolute atomic E-state index is 0.157. The maximum Gasteiger partial charge on any atom is 0.255 e. The summed E-state index contributed by atoms with van der Waals surface area (Å²) >= 11 is 0. The highest BCUT2D eigenvalue weighted by molar-refractivity contribution is 5.99. The fourth-order valence-corrected chi connectivity index (χ4v) is 1.35. The summed E-state index contributed by atoms with van der Waals surface area (Å²) in [6.07, 6.45) is 4.01. The second-order valence-electron chi connectivity index (χ2n) is 5.13. The van der Waals surface area contributed by atoms with Crippen LogP contribution in [0.4, 0.5) is 5.69 Å². The number of aromatic nitrogens is 1. The molecule has 0 atom stereocenters. The smallest absolute Gasteiger partial charge is 0.255 e. The molecule has 0 spiro atoms. The zero-order valence-electron chi connectivity index (χ0n) is 10.6. The standard InChI is InChI=1S/C12H20N4O/c1-12(2,3)5-7-15-11(17)9-8-14-6-4-10(9)16-13/h4,6,8H,5,7,13H2,1-3H3,(H,14,16)(H,15,17). The van der Waals surface area contributed by atoms with E-state index in [1.54, 1.807) is 12.3 Å². The molecule has 0 saturated heterocycles. The highest BCUT2D eigenvalue weighted by atomic mass is 16.1. The quantitative estimate of drug-likeness (QED) is 0.547. The van der Waals surface area contributed by atoms with E-state index in [2.05, 4.69) is 36.5 Å². The van der Waals surface area contributed by atoms with Crippen molar-refractivity contribution in [1.82, 2.24) is 10.3 Å². The molecule has 0 radical (unpaired) electrons. The summed E-state index contributed by atoms with van der Waals surface area (Å²) in [5, 5.41) is 2.86. The molecule has 0 saturated carbocycles. The summed E-state index contributed by atoms with van der Waals surface area (Å²) in [7, 11) is 0. The Morgan fingerprint density at radius 1 is 1.47 bits per heavy atom. The summed E-state index contributed by atoms with van der Waals surface area (Å²) < 4.78 is 0. The van der Waals surface area contributed by atoms with Crippen molar-refractivity contribution in [2.75, 3.05) is 12.0 Å². The van der Waals surface area contributed by atoms with Crippen LogP contribution in [0.3, 0.4) is 0 Å². The molecule has 94 valence electrons. The van der Waals surface area contributed by atoms with Gasteiger partial charge in [-0.15, -0.1) is 0 Å². The van der Waals surface area contributed by atoms with E-state index in [1.807, 2.05) is 0 Å². The van der Waals surface area contributed by atoms with Crippen LogP contribution in [0.1, 0.15) is 37.6 Å². The van der Waals surface area contributed by atoms with Gasteiger partial charge in [0.1, 0.15) is 0 Å². The molecule has 4 N–H and O–H groups in total. The first-order valence-electron chi connectivity index (χ1n) is 5.63. The lowest BCUT2D eigenvalue weighted by atomic mass is 9.92. The van der Waals surface area contributed by atoms with E-state index >= 15 is 0 Å². The van der Waals surface area contributed by atoms with Crippen LogP contribution in [-0.4, -0.2) is 17.4 Å². The summed E-state index contributed by atoms with van der Waals surface area (Å²) in [6, 6.07) is 1.67. The van der Waals surface area contributed by atoms with Crippen molar-refractivity contribution < 1.29 is 4.79 Å². The lowest BCUT2D eigenvalue weighted by molar-refractivity contribution is 0.0950. The Kier molecular flexibility index (Phi) is 4.45. The lowest BCUT2D eigenvalue weighted by Crippen LogP contribution is -2.28. The van der Waals surface area contributed by atoms with Crippen LogP contribution in [0.5, 0.6) is 0 Å². The number of carbonyl (C=O) groups is 1. The number of nitrogens with zero attached hydrogens (tertiary/aromatic N) is 1. The Balaban J connectivity index is 2.58. The van der Waals surface area contributed by atoms with Crippen LogP contribution in [0.25, 0.3) is 0 Å². The van der Waals surface area contributed by atoms with Gasteiger partial charge >= 0.3 is 0 Å². The van der Waals surface area contributed by atoms with E-state index in [4.69, 9.17) is 5.84 Å². The van der Waals surface area contributed by atoms with Gasteiger partial charge in [0.2, 0.25) is 0 Å². The van der Waals surface area contributed by atoms with Crippen molar-refractivity contribution in [3.05, 3.63) is 24.0 Å². The van der Waals surface area contributed by atoms with E-state index in [0.717, 1.165) is 6.42 Å². The third-order valence-electron chi connectivity index (χ3n) is 2.38. The second-order valence-corrected chi connectivity index (χ2v) is 5.13. The zero-order valence-corrected chi connectivity index (χ0v) is 10.6. The molecular formula is C12H20N4O.